The molecule has 3 amide bonds. The normalized spacial score (nSPS) is 14.8. The number of benzene rings is 1. The Morgan fingerprint density at radius 2 is 1.70 bits per heavy atom. The topological polar surface area (TPSA) is 125 Å². The van der Waals surface area contributed by atoms with Gasteiger partial charge in [-0.15, -0.1) is 0 Å². The van der Waals surface area contributed by atoms with E-state index >= 15 is 0 Å². The van der Waals surface area contributed by atoms with Crippen LogP contribution in [0.25, 0.3) is 0 Å². The number of hydrazine groups is 1. The second kappa shape index (κ2) is 8.68. The molecule has 2 rings (SSSR count). The highest BCUT2D eigenvalue weighted by atomic mass is 35.5. The number of hydrogen-bond acceptors (Lipinski definition) is 5. The van der Waals surface area contributed by atoms with Crippen LogP contribution >= 0.6 is 11.6 Å². The van der Waals surface area contributed by atoms with Crippen LogP contribution in [0.4, 0.5) is 0 Å². The molecule has 0 unspecified atom stereocenters. The number of halogens is 1. The molecule has 11 heteroatoms. The van der Waals surface area contributed by atoms with Gasteiger partial charge in [0.1, 0.15) is 4.90 Å². The summed E-state index contributed by atoms with van der Waals surface area (Å²) in [4.78, 5) is 35.1. The van der Waals surface area contributed by atoms with Gasteiger partial charge in [0.05, 0.1) is 5.02 Å². The quantitative estimate of drug-likeness (QED) is 0.484. The summed E-state index contributed by atoms with van der Waals surface area (Å²) >= 11 is 6.02. The van der Waals surface area contributed by atoms with E-state index in [0.29, 0.717) is 13.1 Å². The van der Waals surface area contributed by atoms with E-state index in [4.69, 9.17) is 11.6 Å². The molecule has 9 nitrogen and oxygen atoms in total. The van der Waals surface area contributed by atoms with Crippen molar-refractivity contribution < 1.29 is 22.8 Å². The number of nitrogens with zero attached hydrogens (tertiary/aromatic N) is 1. The van der Waals surface area contributed by atoms with Crippen molar-refractivity contribution in [3.8, 4) is 0 Å². The number of nitrogens with one attached hydrogen (secondary N) is 3. The zero-order valence-corrected chi connectivity index (χ0v) is 16.5. The second-order valence-corrected chi connectivity index (χ2v) is 8.61. The summed E-state index contributed by atoms with van der Waals surface area (Å²) in [6.45, 7) is 4.16. The monoisotopic (exact) mass is 416 g/mol. The third-order valence-electron chi connectivity index (χ3n) is 3.79. The van der Waals surface area contributed by atoms with Gasteiger partial charge in [0.15, 0.2) is 0 Å². The zero-order valence-electron chi connectivity index (χ0n) is 14.9. The first-order chi connectivity index (χ1) is 12.6. The van der Waals surface area contributed by atoms with Gasteiger partial charge in [0.25, 0.3) is 5.91 Å². The number of hydrogen-bond donors (Lipinski definition) is 3. The molecule has 148 valence electrons. The predicted molar refractivity (Wildman–Crippen MR) is 98.3 cm³/mol. The summed E-state index contributed by atoms with van der Waals surface area (Å²) in [7, 11) is -3.81. The molecule has 0 aromatic heterocycles. The van der Waals surface area contributed by atoms with Crippen LogP contribution in [-0.4, -0.2) is 49.6 Å². The third kappa shape index (κ3) is 5.18. The first-order valence-corrected chi connectivity index (χ1v) is 10.2. The van der Waals surface area contributed by atoms with Crippen molar-refractivity contribution in [1.82, 2.24) is 20.5 Å². The molecule has 1 saturated heterocycles. The van der Waals surface area contributed by atoms with Crippen LogP contribution in [0.3, 0.4) is 0 Å². The summed E-state index contributed by atoms with van der Waals surface area (Å²) in [6.07, 6.45) is 1.53. The molecular weight excluding hydrogens is 396 g/mol. The SMILES string of the molecule is CC(C)NC(=O)C(=O)NNC(=O)c1ccc(Cl)c(S(=O)(=O)N2CCCC2)c1. The molecule has 0 aliphatic carbocycles. The fourth-order valence-corrected chi connectivity index (χ4v) is 4.50. The lowest BCUT2D eigenvalue weighted by Gasteiger charge is -2.17. The van der Waals surface area contributed by atoms with E-state index in [2.05, 4.69) is 10.7 Å². The molecule has 1 fully saturated rings. The van der Waals surface area contributed by atoms with Crippen LogP contribution in [0.1, 0.15) is 37.0 Å². The molecule has 1 aliphatic rings. The maximum atomic E-state index is 12.7. The number of sulfonamides is 1. The lowest BCUT2D eigenvalue weighted by atomic mass is 10.2. The Hall–Kier alpha value is -2.17. The summed E-state index contributed by atoms with van der Waals surface area (Å²) in [5.41, 5.74) is 4.01. The Bertz CT molecular complexity index is 850. The van der Waals surface area contributed by atoms with E-state index < -0.39 is 27.7 Å². The average Bonchev–Trinajstić information content (AvgIpc) is 3.14. The molecule has 0 radical (unpaired) electrons. The van der Waals surface area contributed by atoms with Gasteiger partial charge in [0.2, 0.25) is 10.0 Å². The van der Waals surface area contributed by atoms with Gasteiger partial charge in [-0.05, 0) is 44.9 Å². The summed E-state index contributed by atoms with van der Waals surface area (Å²) in [6, 6.07) is 3.52. The van der Waals surface area contributed by atoms with Gasteiger partial charge < -0.3 is 5.32 Å². The van der Waals surface area contributed by atoms with Gasteiger partial charge in [-0.1, -0.05) is 11.6 Å². The van der Waals surface area contributed by atoms with Crippen LogP contribution < -0.4 is 16.2 Å². The lowest BCUT2D eigenvalue weighted by molar-refractivity contribution is -0.139. The molecular formula is C16H21ClN4O5S. The molecule has 1 aromatic rings. The van der Waals surface area contributed by atoms with Crippen LogP contribution in [0.15, 0.2) is 23.1 Å². The molecule has 1 aromatic carbocycles. The summed E-state index contributed by atoms with van der Waals surface area (Å²) < 4.78 is 26.7. The molecule has 27 heavy (non-hydrogen) atoms. The van der Waals surface area contributed by atoms with Crippen LogP contribution in [-0.2, 0) is 19.6 Å². The highest BCUT2D eigenvalue weighted by molar-refractivity contribution is 7.89. The Morgan fingerprint density at radius 1 is 1.07 bits per heavy atom. The number of amides is 3. The first-order valence-electron chi connectivity index (χ1n) is 8.34. The molecule has 1 aliphatic heterocycles. The second-order valence-electron chi connectivity index (χ2n) is 6.29. The Balaban J connectivity index is 2.12. The first kappa shape index (κ1) is 21.1. The van der Waals surface area contributed by atoms with E-state index in [1.807, 2.05) is 5.43 Å². The maximum absolute atomic E-state index is 12.7. The molecule has 0 saturated carbocycles. The molecule has 1 heterocycles. The summed E-state index contributed by atoms with van der Waals surface area (Å²) in [5.74, 6) is -2.73. The van der Waals surface area contributed by atoms with Crippen molar-refractivity contribution >= 4 is 39.3 Å². The van der Waals surface area contributed by atoms with Gasteiger partial charge in [0, 0.05) is 24.7 Å². The van der Waals surface area contributed by atoms with Gasteiger partial charge in [-0.3, -0.25) is 25.2 Å². The van der Waals surface area contributed by atoms with Crippen molar-refractivity contribution in [2.45, 2.75) is 37.6 Å². The van der Waals surface area contributed by atoms with Crippen molar-refractivity contribution in [2.24, 2.45) is 0 Å². The minimum absolute atomic E-state index is 0.00111. The fraction of sp³-hybridized carbons (Fsp3) is 0.438. The van der Waals surface area contributed by atoms with E-state index in [-0.39, 0.29) is 21.5 Å². The number of carbonyl (C=O) groups is 3. The molecule has 0 atom stereocenters. The highest BCUT2D eigenvalue weighted by Crippen LogP contribution is 2.28. The Morgan fingerprint density at radius 3 is 2.30 bits per heavy atom. The molecule has 3 N–H and O–H groups in total. The van der Waals surface area contributed by atoms with E-state index in [0.717, 1.165) is 18.9 Å². The van der Waals surface area contributed by atoms with Crippen molar-refractivity contribution in [3.05, 3.63) is 28.8 Å². The van der Waals surface area contributed by atoms with Crippen molar-refractivity contribution in [2.75, 3.05) is 13.1 Å². The van der Waals surface area contributed by atoms with Crippen LogP contribution in [0.5, 0.6) is 0 Å². The molecule has 0 bridgehead atoms. The number of carbonyl (C=O) groups excluding carboxylic acids is 3. The standard InChI is InChI=1S/C16H21ClN4O5S/c1-10(2)18-15(23)16(24)20-19-14(22)11-5-6-12(17)13(9-11)27(25,26)21-7-3-4-8-21/h5-6,9-10H,3-4,7-8H2,1-2H3,(H,18,23)(H,19,22)(H,20,24). The van der Waals surface area contributed by atoms with Crippen LogP contribution in [0, 0.1) is 0 Å². The van der Waals surface area contributed by atoms with E-state index in [9.17, 15) is 22.8 Å². The van der Waals surface area contributed by atoms with Gasteiger partial charge >= 0.3 is 11.8 Å². The van der Waals surface area contributed by atoms with E-state index in [1.54, 1.807) is 13.8 Å². The smallest absolute Gasteiger partial charge is 0.327 e. The van der Waals surface area contributed by atoms with Crippen molar-refractivity contribution in [1.29, 1.82) is 0 Å². The minimum Gasteiger partial charge on any atom is -0.346 e. The largest absolute Gasteiger partial charge is 0.346 e. The van der Waals surface area contributed by atoms with Crippen LogP contribution in [0.2, 0.25) is 5.02 Å². The Labute approximate surface area is 162 Å². The summed E-state index contributed by atoms with van der Waals surface area (Å²) in [5, 5.41) is 2.37. The minimum atomic E-state index is -3.81. The van der Waals surface area contributed by atoms with Gasteiger partial charge in [-0.25, -0.2) is 8.42 Å². The van der Waals surface area contributed by atoms with Gasteiger partial charge in [-0.2, -0.15) is 4.31 Å². The predicted octanol–water partition coefficient (Wildman–Crippen LogP) is 0.410. The zero-order chi connectivity index (χ0) is 20.2. The average molecular weight is 417 g/mol. The fourth-order valence-electron chi connectivity index (χ4n) is 2.48. The third-order valence-corrected chi connectivity index (χ3v) is 6.17. The highest BCUT2D eigenvalue weighted by Gasteiger charge is 2.29. The lowest BCUT2D eigenvalue weighted by Crippen LogP contribution is -2.49. The van der Waals surface area contributed by atoms with Crippen molar-refractivity contribution in [3.63, 3.8) is 0 Å². The molecule has 0 spiro atoms. The number of rotatable bonds is 4. The Kier molecular flexibility index (Phi) is 6.79. The maximum Gasteiger partial charge on any atom is 0.327 e. The van der Waals surface area contributed by atoms with E-state index in [1.165, 1.54) is 16.4 Å².